The van der Waals surface area contributed by atoms with Crippen molar-refractivity contribution >= 4 is 23.1 Å². The number of thioether (sulfide) groups is 1. The fourth-order valence-corrected chi connectivity index (χ4v) is 11.6. The number of ether oxygens (including phenoxy) is 1. The zero-order chi connectivity index (χ0) is 34.2. The molecule has 52 heavy (non-hydrogen) atoms. The molecule has 9 aliphatic rings. The van der Waals surface area contributed by atoms with Crippen LogP contribution in [0.2, 0.25) is 0 Å². The predicted molar refractivity (Wildman–Crippen MR) is 217 cm³/mol. The van der Waals surface area contributed by atoms with Gasteiger partial charge in [0, 0.05) is 44.6 Å². The Morgan fingerprint density at radius 2 is 1.73 bits per heavy atom. The number of anilines is 2. The first-order valence-electron chi connectivity index (χ1n) is 19.2. The van der Waals surface area contributed by atoms with Crippen LogP contribution in [0.1, 0.15) is 55.1 Å². The van der Waals surface area contributed by atoms with Crippen molar-refractivity contribution in [1.29, 1.82) is 0 Å². The van der Waals surface area contributed by atoms with Crippen LogP contribution in [0.15, 0.2) is 185 Å². The van der Waals surface area contributed by atoms with Crippen molar-refractivity contribution in [3.8, 4) is 5.75 Å². The Kier molecular flexibility index (Phi) is 7.28. The molecule has 7 atom stereocenters. The van der Waals surface area contributed by atoms with Crippen LogP contribution in [0.25, 0.3) is 0 Å². The van der Waals surface area contributed by atoms with Gasteiger partial charge in [-0.15, -0.1) is 11.8 Å². The van der Waals surface area contributed by atoms with E-state index in [4.69, 9.17) is 4.74 Å². The van der Waals surface area contributed by atoms with E-state index in [1.165, 1.54) is 49.9 Å². The largest absolute Gasteiger partial charge is 0.485 e. The van der Waals surface area contributed by atoms with Gasteiger partial charge in [0.05, 0.1) is 23.7 Å². The first-order valence-corrected chi connectivity index (χ1v) is 20.1. The van der Waals surface area contributed by atoms with E-state index in [0.29, 0.717) is 17.2 Å². The summed E-state index contributed by atoms with van der Waals surface area (Å²) in [6, 6.07) is 16.7. The maximum atomic E-state index is 6.61. The maximum absolute atomic E-state index is 6.61. The number of allylic oxidation sites excluding steroid dienone is 15. The summed E-state index contributed by atoms with van der Waals surface area (Å²) in [5.74, 6) is 1.90. The lowest BCUT2D eigenvalue weighted by Gasteiger charge is -2.37. The van der Waals surface area contributed by atoms with E-state index < -0.39 is 0 Å². The van der Waals surface area contributed by atoms with Crippen LogP contribution in [0.4, 0.5) is 11.4 Å². The van der Waals surface area contributed by atoms with Gasteiger partial charge in [-0.2, -0.15) is 0 Å². The van der Waals surface area contributed by atoms with Crippen molar-refractivity contribution in [2.75, 3.05) is 9.80 Å². The molecule has 3 aliphatic heterocycles. The molecule has 0 amide bonds. The standard InChI is InChI=1S/C48H42N2OS/c1-3-13-31(14-4-1)32-25-27-35-39-30-34(26-28-40(39)49(43(35)29-32)33-15-5-2-6-16-33)50(41-20-12-23-45-47(41)38-18-7-9-22-44(38)51-45)42-21-11-19-37-36-17-8-10-24-46(36)52-48(37)42/h1-3,5-10,12-13,15,17-18,20-30,33,35-36,43,45-47H,4,11,14,16,19H2. The topological polar surface area (TPSA) is 15.7 Å². The van der Waals surface area contributed by atoms with Crippen LogP contribution in [0.5, 0.6) is 5.75 Å². The molecule has 0 fully saturated rings. The molecule has 7 unspecified atom stereocenters. The Balaban J connectivity index is 1.06. The van der Waals surface area contributed by atoms with E-state index in [-0.39, 0.29) is 24.0 Å². The second kappa shape index (κ2) is 12.3. The minimum atomic E-state index is -0.0172. The molecule has 0 saturated carbocycles. The summed E-state index contributed by atoms with van der Waals surface area (Å²) in [4.78, 5) is 6.82. The van der Waals surface area contributed by atoms with Gasteiger partial charge in [0.15, 0.2) is 0 Å². The fraction of sp³-hybridized carbons (Fsp3) is 0.250. The van der Waals surface area contributed by atoms with Gasteiger partial charge in [-0.05, 0) is 90.8 Å². The van der Waals surface area contributed by atoms with Gasteiger partial charge in [0.2, 0.25) is 0 Å². The van der Waals surface area contributed by atoms with Crippen molar-refractivity contribution < 1.29 is 4.74 Å². The summed E-state index contributed by atoms with van der Waals surface area (Å²) in [6.45, 7) is 0. The summed E-state index contributed by atoms with van der Waals surface area (Å²) >= 11 is 2.06. The first-order chi connectivity index (χ1) is 25.8. The number of fused-ring (bicyclic) bond motifs is 8. The molecule has 0 bridgehead atoms. The van der Waals surface area contributed by atoms with E-state index in [0.717, 1.165) is 37.9 Å². The number of para-hydroxylation sites is 1. The third-order valence-corrected chi connectivity index (χ3v) is 13.8. The van der Waals surface area contributed by atoms with Crippen molar-refractivity contribution in [3.05, 3.63) is 196 Å². The zero-order valence-electron chi connectivity index (χ0n) is 29.2. The number of hydrogen-bond donors (Lipinski definition) is 0. The van der Waals surface area contributed by atoms with E-state index in [9.17, 15) is 0 Å². The Labute approximate surface area is 311 Å². The van der Waals surface area contributed by atoms with Gasteiger partial charge in [-0.25, -0.2) is 0 Å². The zero-order valence-corrected chi connectivity index (χ0v) is 30.0. The molecular formula is C48H42N2OS. The number of hydrogen-bond acceptors (Lipinski definition) is 4. The summed E-state index contributed by atoms with van der Waals surface area (Å²) in [7, 11) is 0. The lowest BCUT2D eigenvalue weighted by atomic mass is 9.84. The Morgan fingerprint density at radius 3 is 2.65 bits per heavy atom. The van der Waals surface area contributed by atoms with Gasteiger partial charge in [-0.3, -0.25) is 0 Å². The normalized spacial score (nSPS) is 31.2. The molecule has 256 valence electrons. The molecule has 6 aliphatic carbocycles. The molecule has 2 aromatic carbocycles. The average molecular weight is 695 g/mol. The number of nitrogens with zero attached hydrogens (tertiary/aromatic N) is 2. The van der Waals surface area contributed by atoms with Crippen molar-refractivity contribution in [3.63, 3.8) is 0 Å². The van der Waals surface area contributed by atoms with Crippen LogP contribution in [-0.2, 0) is 0 Å². The molecule has 3 nitrogen and oxygen atoms in total. The highest BCUT2D eigenvalue weighted by Crippen LogP contribution is 2.56. The molecule has 0 spiro atoms. The lowest BCUT2D eigenvalue weighted by molar-refractivity contribution is 0.264. The van der Waals surface area contributed by atoms with E-state index in [1.54, 1.807) is 5.57 Å². The van der Waals surface area contributed by atoms with Gasteiger partial charge in [-0.1, -0.05) is 115 Å². The molecule has 0 aromatic heterocycles. The van der Waals surface area contributed by atoms with Crippen molar-refractivity contribution in [1.82, 2.24) is 0 Å². The van der Waals surface area contributed by atoms with Gasteiger partial charge < -0.3 is 14.5 Å². The third kappa shape index (κ3) is 4.80. The van der Waals surface area contributed by atoms with Crippen LogP contribution in [0.3, 0.4) is 0 Å². The predicted octanol–water partition coefficient (Wildman–Crippen LogP) is 11.2. The van der Waals surface area contributed by atoms with Gasteiger partial charge >= 0.3 is 0 Å². The molecule has 0 N–H and O–H groups in total. The van der Waals surface area contributed by atoms with Crippen LogP contribution in [-0.4, -0.2) is 23.4 Å². The minimum Gasteiger partial charge on any atom is -0.485 e. The Bertz CT molecular complexity index is 2250. The van der Waals surface area contributed by atoms with Crippen LogP contribution >= 0.6 is 11.8 Å². The monoisotopic (exact) mass is 694 g/mol. The summed E-state index contributed by atoms with van der Waals surface area (Å²) in [5.41, 5.74) is 12.4. The highest BCUT2D eigenvalue weighted by molar-refractivity contribution is 8.04. The van der Waals surface area contributed by atoms with E-state index >= 15 is 0 Å². The Hall–Kier alpha value is -4.93. The summed E-state index contributed by atoms with van der Waals surface area (Å²) in [6.07, 6.45) is 47.6. The number of rotatable bonds is 5. The molecule has 2 aromatic rings. The highest BCUT2D eigenvalue weighted by Gasteiger charge is 2.45. The molecule has 3 heterocycles. The summed E-state index contributed by atoms with van der Waals surface area (Å²) < 4.78 is 6.61. The van der Waals surface area contributed by atoms with E-state index in [2.05, 4.69) is 173 Å². The highest BCUT2D eigenvalue weighted by atomic mass is 32.2. The van der Waals surface area contributed by atoms with Gasteiger partial charge in [0.25, 0.3) is 0 Å². The van der Waals surface area contributed by atoms with Crippen LogP contribution in [0, 0.1) is 5.92 Å². The SMILES string of the molecule is C1=CCCC(C2=CC3C(C=C2)c2cc(N(C4=CCCC5=C4SC4C=CC=CC54)C4=CC=CC5Oc6ccccc6C45)ccc2N3C2C=CC=CC2)=C1. The molecular weight excluding hydrogens is 653 g/mol. The second-order valence-electron chi connectivity index (χ2n) is 15.2. The quantitative estimate of drug-likeness (QED) is 0.309. The summed E-state index contributed by atoms with van der Waals surface area (Å²) in [5, 5.41) is 0.469. The lowest BCUT2D eigenvalue weighted by Crippen LogP contribution is -2.41. The minimum absolute atomic E-state index is 0.0172. The van der Waals surface area contributed by atoms with Crippen molar-refractivity contribution in [2.45, 2.75) is 67.4 Å². The van der Waals surface area contributed by atoms with E-state index in [1.807, 2.05) is 0 Å². The van der Waals surface area contributed by atoms with Gasteiger partial charge in [0.1, 0.15) is 11.9 Å². The second-order valence-corrected chi connectivity index (χ2v) is 16.4. The molecule has 0 saturated heterocycles. The average Bonchev–Trinajstić information content (AvgIpc) is 3.88. The Morgan fingerprint density at radius 1 is 0.788 bits per heavy atom. The first kappa shape index (κ1) is 30.7. The fourth-order valence-electron chi connectivity index (χ4n) is 10.0. The molecule has 11 rings (SSSR count). The molecule has 4 heteroatoms. The number of benzene rings is 2. The van der Waals surface area contributed by atoms with Crippen molar-refractivity contribution in [2.24, 2.45) is 5.92 Å². The molecule has 0 radical (unpaired) electrons. The van der Waals surface area contributed by atoms with Crippen LogP contribution < -0.4 is 14.5 Å². The maximum Gasteiger partial charge on any atom is 0.130 e. The third-order valence-electron chi connectivity index (χ3n) is 12.4. The smallest absolute Gasteiger partial charge is 0.130 e.